The third-order valence-corrected chi connectivity index (χ3v) is 21.7. The predicted molar refractivity (Wildman–Crippen MR) is 353 cm³/mol. The third kappa shape index (κ3) is 6.45. The molecular formula is C83H64N4. The molecule has 1 aliphatic heterocycles. The Labute approximate surface area is 509 Å². The highest BCUT2D eigenvalue weighted by atomic mass is 15.2. The summed E-state index contributed by atoms with van der Waals surface area (Å²) in [7, 11) is 0. The molecule has 4 heteroatoms. The first-order chi connectivity index (χ1) is 42.4. The highest BCUT2D eigenvalue weighted by Gasteiger charge is 2.58. The number of nitriles is 2. The van der Waals surface area contributed by atoms with Crippen LogP contribution in [0.3, 0.4) is 0 Å². The smallest absolute Gasteiger partial charge is 0.101 e. The lowest BCUT2D eigenvalue weighted by molar-refractivity contribution is 0.548. The average Bonchev–Trinajstić information content (AvgIpc) is 1.64. The second-order valence-electron chi connectivity index (χ2n) is 26.7. The Morgan fingerprint density at radius 3 is 1.14 bits per heavy atom. The molecular weight excluding hydrogens is 1050 g/mol. The van der Waals surface area contributed by atoms with Crippen LogP contribution in [0.15, 0.2) is 231 Å². The second kappa shape index (κ2) is 18.0. The number of aryl methyl sites for hydroxylation is 2. The van der Waals surface area contributed by atoms with E-state index in [4.69, 9.17) is 0 Å². The summed E-state index contributed by atoms with van der Waals surface area (Å²) < 4.78 is 2.45. The van der Waals surface area contributed by atoms with Crippen molar-refractivity contribution < 1.29 is 0 Å². The molecule has 11 aromatic carbocycles. The molecule has 0 N–H and O–H groups in total. The maximum absolute atomic E-state index is 12.5. The van der Waals surface area contributed by atoms with Gasteiger partial charge in [-0.15, -0.1) is 0 Å². The van der Waals surface area contributed by atoms with Gasteiger partial charge in [-0.3, -0.25) is 0 Å². The standard InChI is InChI=1S/C83H64N4/c1-79(2)63-25-9-13-29-67(63)82(68-30-14-10-26-64(68)79)61-46-42-54(87-75-37-21-17-33-71(75)81(5,6)72-34-18-22-38-76(72)87)48-51(61)39-43-57-59(49-84)60(50-85)78-58(77(57)82)44-40-52-47-53(86-73-35-19-7-23-55(73)56-24-8-20-36-74(56)86)41-45-62(52)83(78)69-31-15-11-27-65(69)80(3,4)66-28-12-16-32-70(66)83/h7-38,41-42,45-48H,39-40,43-44H2,1-6H3. The van der Waals surface area contributed by atoms with Crippen LogP contribution in [0.5, 0.6) is 0 Å². The summed E-state index contributed by atoms with van der Waals surface area (Å²) in [6.45, 7) is 14.2. The Bertz CT molecular complexity index is 4880. The molecule has 4 nitrogen and oxygen atoms in total. The topological polar surface area (TPSA) is 55.8 Å². The monoisotopic (exact) mass is 1120 g/mol. The molecule has 0 saturated heterocycles. The number of rotatable bonds is 2. The van der Waals surface area contributed by atoms with E-state index in [-0.39, 0.29) is 10.8 Å². The maximum Gasteiger partial charge on any atom is 0.101 e. The molecule has 0 unspecified atom stereocenters. The van der Waals surface area contributed by atoms with Gasteiger partial charge in [0.15, 0.2) is 0 Å². The minimum Gasteiger partial charge on any atom is -0.310 e. The summed E-state index contributed by atoms with van der Waals surface area (Å²) in [6, 6.07) is 92.4. The minimum absolute atomic E-state index is 0.216. The summed E-state index contributed by atoms with van der Waals surface area (Å²) in [5, 5.41) is 27.4. The number of fused-ring (bicyclic) bond motifs is 22. The zero-order chi connectivity index (χ0) is 58.9. The molecule has 5 aliphatic rings. The number of nitrogens with zero attached hydrogens (tertiary/aromatic N) is 4. The number of anilines is 3. The fourth-order valence-corrected chi connectivity index (χ4v) is 18.1. The van der Waals surface area contributed by atoms with Gasteiger partial charge in [0.2, 0.25) is 0 Å². The van der Waals surface area contributed by atoms with Gasteiger partial charge < -0.3 is 9.47 Å². The summed E-state index contributed by atoms with van der Waals surface area (Å²) >= 11 is 0. The highest BCUT2D eigenvalue weighted by Crippen LogP contribution is 2.65. The van der Waals surface area contributed by atoms with E-state index in [1.54, 1.807) is 0 Å². The first-order valence-electron chi connectivity index (χ1n) is 31.0. The summed E-state index contributed by atoms with van der Waals surface area (Å²) in [5.74, 6) is 0. The molecule has 0 bridgehead atoms. The van der Waals surface area contributed by atoms with Crippen LogP contribution in [-0.2, 0) is 52.8 Å². The Kier molecular flexibility index (Phi) is 10.7. The van der Waals surface area contributed by atoms with Gasteiger partial charge in [0, 0.05) is 38.4 Å². The van der Waals surface area contributed by atoms with Gasteiger partial charge >= 0.3 is 0 Å². The zero-order valence-corrected chi connectivity index (χ0v) is 50.1. The van der Waals surface area contributed by atoms with Crippen LogP contribution in [0, 0.1) is 22.7 Å². The van der Waals surface area contributed by atoms with Crippen molar-refractivity contribution in [2.24, 2.45) is 0 Å². The zero-order valence-electron chi connectivity index (χ0n) is 50.1. The van der Waals surface area contributed by atoms with Gasteiger partial charge in [-0.2, -0.15) is 10.5 Å². The van der Waals surface area contributed by atoms with Crippen molar-refractivity contribution in [2.75, 3.05) is 4.90 Å². The normalized spacial score (nSPS) is 16.9. The Morgan fingerprint density at radius 1 is 0.322 bits per heavy atom. The van der Waals surface area contributed by atoms with Crippen LogP contribution in [-0.4, -0.2) is 4.57 Å². The molecule has 1 aromatic heterocycles. The van der Waals surface area contributed by atoms with E-state index < -0.39 is 16.2 Å². The fraction of sp³-hybridized carbons (Fsp3) is 0.181. The van der Waals surface area contributed by atoms with E-state index in [1.165, 1.54) is 94.5 Å². The molecule has 0 atom stereocenters. The molecule has 87 heavy (non-hydrogen) atoms. The number of para-hydroxylation sites is 4. The second-order valence-corrected chi connectivity index (χ2v) is 26.7. The molecule has 0 fully saturated rings. The van der Waals surface area contributed by atoms with Crippen molar-refractivity contribution in [1.82, 2.24) is 4.57 Å². The van der Waals surface area contributed by atoms with Gasteiger partial charge in [-0.25, -0.2) is 0 Å². The minimum atomic E-state index is -1.04. The van der Waals surface area contributed by atoms with E-state index in [9.17, 15) is 10.5 Å². The Hall–Kier alpha value is -10.0. The predicted octanol–water partition coefficient (Wildman–Crippen LogP) is 18.9. The summed E-state index contributed by atoms with van der Waals surface area (Å²) in [6.07, 6.45) is 2.58. The van der Waals surface area contributed by atoms with Crippen LogP contribution in [0.4, 0.5) is 17.1 Å². The van der Waals surface area contributed by atoms with Crippen LogP contribution >= 0.6 is 0 Å². The Morgan fingerprint density at radius 2 is 0.678 bits per heavy atom. The lowest BCUT2D eigenvalue weighted by Gasteiger charge is -2.51. The van der Waals surface area contributed by atoms with E-state index >= 15 is 0 Å². The van der Waals surface area contributed by atoms with Gasteiger partial charge in [-0.05, 0) is 174 Å². The summed E-state index contributed by atoms with van der Waals surface area (Å²) in [4.78, 5) is 2.49. The first-order valence-corrected chi connectivity index (χ1v) is 31.0. The number of aromatic nitrogens is 1. The van der Waals surface area contributed by atoms with Crippen LogP contribution in [0.1, 0.15) is 153 Å². The quantitative estimate of drug-likeness (QED) is 0.173. The number of benzene rings is 11. The largest absolute Gasteiger partial charge is 0.310 e. The molecule has 12 aromatic rings. The van der Waals surface area contributed by atoms with Crippen molar-refractivity contribution in [1.29, 1.82) is 10.5 Å². The summed E-state index contributed by atoms with van der Waals surface area (Å²) in [5.41, 5.74) is 26.3. The molecule has 17 rings (SSSR count). The van der Waals surface area contributed by atoms with Gasteiger partial charge in [0.1, 0.15) is 12.1 Å². The lowest BCUT2D eigenvalue weighted by Crippen LogP contribution is -2.45. The molecule has 0 amide bonds. The highest BCUT2D eigenvalue weighted by molar-refractivity contribution is 6.09. The lowest BCUT2D eigenvalue weighted by atomic mass is 9.50. The molecule has 416 valence electrons. The van der Waals surface area contributed by atoms with E-state index in [0.717, 1.165) is 50.2 Å². The molecule has 4 aliphatic carbocycles. The van der Waals surface area contributed by atoms with E-state index in [0.29, 0.717) is 36.8 Å². The SMILES string of the molecule is CC1(C)c2ccccc2N(c2ccc3c(c2)CCc2c(C#N)c(C#N)c4c(c2C32c3ccccc3C(C)(C)c3ccccc32)CCc2cc(-n3c5ccccc5c5ccccc53)ccc2C42c3ccccc3C(C)(C)c3ccccc32)c2ccccc21. The van der Waals surface area contributed by atoms with E-state index in [1.807, 2.05) is 0 Å². The molecule has 2 spiro atoms. The maximum atomic E-state index is 12.5. The van der Waals surface area contributed by atoms with Crippen LogP contribution < -0.4 is 4.90 Å². The van der Waals surface area contributed by atoms with E-state index in [2.05, 4.69) is 294 Å². The molecule has 0 radical (unpaired) electrons. The van der Waals surface area contributed by atoms with Crippen molar-refractivity contribution >= 4 is 38.9 Å². The third-order valence-electron chi connectivity index (χ3n) is 21.7. The number of hydrogen-bond acceptors (Lipinski definition) is 3. The van der Waals surface area contributed by atoms with Crippen LogP contribution in [0.25, 0.3) is 27.5 Å². The van der Waals surface area contributed by atoms with Crippen molar-refractivity contribution in [3.63, 3.8) is 0 Å². The van der Waals surface area contributed by atoms with Gasteiger partial charge in [0.05, 0.1) is 44.4 Å². The van der Waals surface area contributed by atoms with Crippen LogP contribution in [0.2, 0.25) is 0 Å². The van der Waals surface area contributed by atoms with Crippen molar-refractivity contribution in [3.05, 3.63) is 342 Å². The molecule has 0 saturated carbocycles. The Balaban J connectivity index is 1.03. The van der Waals surface area contributed by atoms with Crippen molar-refractivity contribution in [3.8, 4) is 17.8 Å². The first kappa shape index (κ1) is 51.4. The van der Waals surface area contributed by atoms with Crippen molar-refractivity contribution in [2.45, 2.75) is 94.3 Å². The van der Waals surface area contributed by atoms with Gasteiger partial charge in [0.25, 0.3) is 0 Å². The fourth-order valence-electron chi connectivity index (χ4n) is 18.1. The van der Waals surface area contributed by atoms with Gasteiger partial charge in [-0.1, -0.05) is 224 Å². The number of hydrogen-bond donors (Lipinski definition) is 0. The molecule has 2 heterocycles. The average molecular weight is 1120 g/mol.